The van der Waals surface area contributed by atoms with Gasteiger partial charge in [0.25, 0.3) is 5.22 Å². The third-order valence-electron chi connectivity index (χ3n) is 7.45. The Morgan fingerprint density at radius 1 is 1.07 bits per heavy atom. The third-order valence-corrected chi connectivity index (χ3v) is 8.27. The van der Waals surface area contributed by atoms with Crippen molar-refractivity contribution in [3.05, 3.63) is 77.1 Å². The largest absolute Gasteiger partial charge is 0.493 e. The molecular formula is C30H27N5O5S. The third kappa shape index (κ3) is 4.40. The van der Waals surface area contributed by atoms with Gasteiger partial charge in [0.15, 0.2) is 34.3 Å². The Morgan fingerprint density at radius 2 is 1.90 bits per heavy atom. The lowest BCUT2D eigenvalue weighted by Crippen LogP contribution is -2.33. The number of benzene rings is 2. The fraction of sp³-hybridized carbons (Fsp3) is 0.300. The van der Waals surface area contributed by atoms with Crippen molar-refractivity contribution in [2.24, 2.45) is 5.41 Å². The number of carbonyl (C=O) groups excluding carboxylic acids is 1. The van der Waals surface area contributed by atoms with Crippen molar-refractivity contribution in [3.8, 4) is 17.4 Å². The van der Waals surface area contributed by atoms with Crippen LogP contribution < -0.4 is 14.2 Å². The quantitative estimate of drug-likeness (QED) is 0.234. The van der Waals surface area contributed by atoms with E-state index in [2.05, 4.69) is 28.9 Å². The number of allylic oxidation sites excluding steroid dienone is 2. The van der Waals surface area contributed by atoms with Gasteiger partial charge >= 0.3 is 0 Å². The highest BCUT2D eigenvalue weighted by atomic mass is 32.2. The number of methoxy groups -OCH3 is 2. The van der Waals surface area contributed by atoms with E-state index in [0.717, 1.165) is 16.7 Å². The number of ether oxygens (including phenoxy) is 3. The molecule has 11 heteroatoms. The molecule has 2 aromatic carbocycles. The fourth-order valence-electron chi connectivity index (χ4n) is 5.66. The number of carbonyl (C=O) groups is 1. The van der Waals surface area contributed by atoms with Crippen molar-refractivity contribution in [3.63, 3.8) is 0 Å². The highest BCUT2D eigenvalue weighted by Gasteiger charge is 2.44. The summed E-state index contributed by atoms with van der Waals surface area (Å²) in [4.78, 5) is 27.8. The zero-order valence-corrected chi connectivity index (χ0v) is 23.8. The van der Waals surface area contributed by atoms with E-state index in [0.29, 0.717) is 69.6 Å². The summed E-state index contributed by atoms with van der Waals surface area (Å²) in [5.41, 5.74) is 4.07. The predicted octanol–water partition coefficient (Wildman–Crippen LogP) is 5.74. The molecule has 3 aromatic heterocycles. The summed E-state index contributed by atoms with van der Waals surface area (Å²) in [6, 6.07) is 13.3. The molecule has 41 heavy (non-hydrogen) atoms. The normalized spacial score (nSPS) is 17.9. The van der Waals surface area contributed by atoms with Crippen LogP contribution in [0.4, 0.5) is 0 Å². The van der Waals surface area contributed by atoms with Gasteiger partial charge in [-0.05, 0) is 35.2 Å². The van der Waals surface area contributed by atoms with Crippen molar-refractivity contribution >= 4 is 34.3 Å². The first kappa shape index (κ1) is 25.6. The van der Waals surface area contributed by atoms with Crippen LogP contribution in [0, 0.1) is 5.41 Å². The molecule has 0 spiro atoms. The summed E-state index contributed by atoms with van der Waals surface area (Å²) in [7, 11) is 3.19. The van der Waals surface area contributed by atoms with Gasteiger partial charge < -0.3 is 18.6 Å². The first-order chi connectivity index (χ1) is 19.8. The van der Waals surface area contributed by atoms with Crippen LogP contribution in [0.15, 0.2) is 69.8 Å². The highest BCUT2D eigenvalue weighted by molar-refractivity contribution is 7.98. The number of para-hydroxylation sites is 2. The van der Waals surface area contributed by atoms with Gasteiger partial charge in [-0.3, -0.25) is 4.79 Å². The number of nitrogens with zero attached hydrogens (tertiary/aromatic N) is 5. The standard InChI is InChI=1S/C30H27N5O5S/c1-30(2)12-18(36)25-22(13-30)39-28-26(24(25)16-9-10-20(37-3)21(11-16)38-4)27-33-23(34-35(27)15-31-28)14-41-29-32-17-7-5-6-8-19(17)40-29/h5-11,15,24H,12-14H2,1-4H3/t24-/m0/s1. The molecule has 0 saturated carbocycles. The maximum absolute atomic E-state index is 13.7. The van der Waals surface area contributed by atoms with E-state index in [1.807, 2.05) is 42.5 Å². The maximum atomic E-state index is 13.7. The van der Waals surface area contributed by atoms with Gasteiger partial charge in [0.2, 0.25) is 5.88 Å². The topological polar surface area (TPSA) is 114 Å². The van der Waals surface area contributed by atoms with E-state index in [1.54, 1.807) is 25.1 Å². The van der Waals surface area contributed by atoms with Crippen molar-refractivity contribution in [1.82, 2.24) is 24.6 Å². The number of oxazole rings is 1. The number of rotatable bonds is 6. The van der Waals surface area contributed by atoms with E-state index in [1.165, 1.54) is 11.8 Å². The minimum Gasteiger partial charge on any atom is -0.493 e. The molecule has 0 unspecified atom stereocenters. The van der Waals surface area contributed by atoms with Crippen LogP contribution in [0.5, 0.6) is 17.4 Å². The number of Topliss-reactive ketones (excluding diaryl/α,β-unsaturated/α-hetero) is 1. The van der Waals surface area contributed by atoms with E-state index < -0.39 is 5.92 Å². The summed E-state index contributed by atoms with van der Waals surface area (Å²) in [5.74, 6) is 2.85. The minimum absolute atomic E-state index is 0.0509. The molecule has 0 bridgehead atoms. The minimum atomic E-state index is -0.463. The predicted molar refractivity (Wildman–Crippen MR) is 151 cm³/mol. The summed E-state index contributed by atoms with van der Waals surface area (Å²) in [6.07, 6.45) is 2.65. The van der Waals surface area contributed by atoms with Gasteiger partial charge in [0, 0.05) is 18.4 Å². The zero-order chi connectivity index (χ0) is 28.3. The van der Waals surface area contributed by atoms with Gasteiger partial charge in [-0.2, -0.15) is 0 Å². The van der Waals surface area contributed by atoms with Crippen LogP contribution in [0.3, 0.4) is 0 Å². The molecule has 4 heterocycles. The Bertz CT molecular complexity index is 1840. The van der Waals surface area contributed by atoms with Crippen LogP contribution in [-0.4, -0.2) is 44.6 Å². The highest BCUT2D eigenvalue weighted by Crippen LogP contribution is 2.51. The van der Waals surface area contributed by atoms with Gasteiger partial charge in [-0.15, -0.1) is 5.10 Å². The Labute approximate surface area is 239 Å². The first-order valence-corrected chi connectivity index (χ1v) is 14.2. The average molecular weight is 570 g/mol. The van der Waals surface area contributed by atoms with Crippen molar-refractivity contribution in [1.29, 1.82) is 0 Å². The maximum Gasteiger partial charge on any atom is 0.257 e. The second-order valence-corrected chi connectivity index (χ2v) is 11.8. The summed E-state index contributed by atoms with van der Waals surface area (Å²) in [6.45, 7) is 4.16. The molecule has 2 aliphatic rings. The van der Waals surface area contributed by atoms with Gasteiger partial charge in [0.1, 0.15) is 17.6 Å². The number of hydrogen-bond donors (Lipinski definition) is 0. The van der Waals surface area contributed by atoms with E-state index in [4.69, 9.17) is 23.6 Å². The lowest BCUT2D eigenvalue weighted by atomic mass is 9.70. The monoisotopic (exact) mass is 569 g/mol. The second kappa shape index (κ2) is 9.62. The van der Waals surface area contributed by atoms with Crippen LogP contribution in [0.2, 0.25) is 0 Å². The molecule has 7 rings (SSSR count). The molecule has 1 aliphatic heterocycles. The van der Waals surface area contributed by atoms with E-state index in [9.17, 15) is 4.79 Å². The Kier molecular flexibility index (Phi) is 6.00. The molecule has 208 valence electrons. The molecule has 0 N–H and O–H groups in total. The van der Waals surface area contributed by atoms with Gasteiger partial charge in [0.05, 0.1) is 31.5 Å². The lowest BCUT2D eigenvalue weighted by molar-refractivity contribution is -0.118. The van der Waals surface area contributed by atoms with Crippen LogP contribution in [0.1, 0.15) is 49.6 Å². The van der Waals surface area contributed by atoms with Gasteiger partial charge in [-0.25, -0.2) is 19.5 Å². The van der Waals surface area contributed by atoms with Crippen LogP contribution in [-0.2, 0) is 10.5 Å². The lowest BCUT2D eigenvalue weighted by Gasteiger charge is -2.37. The zero-order valence-electron chi connectivity index (χ0n) is 23.0. The van der Waals surface area contributed by atoms with E-state index in [-0.39, 0.29) is 11.2 Å². The molecule has 0 fully saturated rings. The smallest absolute Gasteiger partial charge is 0.257 e. The fourth-order valence-corrected chi connectivity index (χ4v) is 6.34. The molecule has 5 aromatic rings. The van der Waals surface area contributed by atoms with Crippen molar-refractivity contribution < 1.29 is 23.4 Å². The first-order valence-electron chi connectivity index (χ1n) is 13.2. The summed E-state index contributed by atoms with van der Waals surface area (Å²) < 4.78 is 24.9. The molecule has 0 radical (unpaired) electrons. The summed E-state index contributed by atoms with van der Waals surface area (Å²) in [5, 5.41) is 5.22. The average Bonchev–Trinajstić information content (AvgIpc) is 3.57. The number of aromatic nitrogens is 5. The van der Waals surface area contributed by atoms with E-state index >= 15 is 0 Å². The molecule has 1 aliphatic carbocycles. The van der Waals surface area contributed by atoms with Crippen LogP contribution >= 0.6 is 11.8 Å². The second-order valence-electron chi connectivity index (χ2n) is 10.9. The Hall–Kier alpha value is -4.38. The number of fused-ring (bicyclic) bond motifs is 4. The number of hydrogen-bond acceptors (Lipinski definition) is 10. The molecule has 1 atom stereocenters. The van der Waals surface area contributed by atoms with Gasteiger partial charge in [-0.1, -0.05) is 43.8 Å². The molecule has 0 saturated heterocycles. The van der Waals surface area contributed by atoms with Crippen LogP contribution in [0.25, 0.3) is 16.7 Å². The Morgan fingerprint density at radius 3 is 2.71 bits per heavy atom. The number of thioether (sulfide) groups is 1. The number of ketones is 1. The summed E-state index contributed by atoms with van der Waals surface area (Å²) >= 11 is 1.41. The SMILES string of the molecule is COc1ccc([C@H]2C3=C(CC(C)(C)CC3=O)Oc3ncn4nc(CSc5nc6ccccc6o5)nc4c32)cc1OC. The molecule has 0 amide bonds. The van der Waals surface area contributed by atoms with Crippen molar-refractivity contribution in [2.45, 2.75) is 43.6 Å². The Balaban J connectivity index is 1.33. The van der Waals surface area contributed by atoms with Crippen molar-refractivity contribution in [2.75, 3.05) is 14.2 Å². The molecule has 10 nitrogen and oxygen atoms in total. The molecular weight excluding hydrogens is 542 g/mol.